The van der Waals surface area contributed by atoms with E-state index in [1.165, 1.54) is 6.08 Å². The molecule has 0 aliphatic carbocycles. The first-order chi connectivity index (χ1) is 6.61. The van der Waals surface area contributed by atoms with Crippen molar-refractivity contribution in [2.45, 2.75) is 38.9 Å². The third-order valence-electron chi connectivity index (χ3n) is 1.69. The second kappa shape index (κ2) is 7.53. The first-order valence-corrected chi connectivity index (χ1v) is 4.82. The predicted molar refractivity (Wildman–Crippen MR) is 52.7 cm³/mol. The zero-order valence-corrected chi connectivity index (χ0v) is 8.64. The van der Waals surface area contributed by atoms with Gasteiger partial charge >= 0.3 is 5.97 Å². The van der Waals surface area contributed by atoms with E-state index in [0.29, 0.717) is 13.0 Å². The predicted octanol–water partition coefficient (Wildman–Crippen LogP) is 0.628. The van der Waals surface area contributed by atoms with Crippen LogP contribution in [-0.4, -0.2) is 35.0 Å². The number of hydrogen-bond donors (Lipinski definition) is 2. The van der Waals surface area contributed by atoms with E-state index in [0.717, 1.165) is 12.5 Å². The molecule has 14 heavy (non-hydrogen) atoms. The lowest BCUT2D eigenvalue weighted by Crippen LogP contribution is -2.23. The number of rotatable bonds is 6. The van der Waals surface area contributed by atoms with E-state index in [1.807, 2.05) is 6.92 Å². The topological polar surface area (TPSA) is 66.8 Å². The Morgan fingerprint density at radius 1 is 1.43 bits per heavy atom. The van der Waals surface area contributed by atoms with Crippen molar-refractivity contribution in [2.24, 2.45) is 0 Å². The summed E-state index contributed by atoms with van der Waals surface area (Å²) in [6.45, 7) is 3.91. The van der Waals surface area contributed by atoms with E-state index in [2.05, 4.69) is 4.74 Å². The molecule has 0 saturated carbocycles. The molecular formula is C10H18O4. The molecule has 2 N–H and O–H groups in total. The number of carbonyl (C=O) groups is 1. The number of aliphatic hydroxyl groups is 2. The van der Waals surface area contributed by atoms with Gasteiger partial charge in [0.2, 0.25) is 0 Å². The Labute approximate surface area is 84.2 Å². The second-order valence-electron chi connectivity index (χ2n) is 2.96. The molecule has 0 aromatic heterocycles. The SMILES string of the molecule is CCC[C@@H](O)[C@H](O)/C=C/C(=O)OCC. The van der Waals surface area contributed by atoms with Crippen LogP contribution in [0.1, 0.15) is 26.7 Å². The van der Waals surface area contributed by atoms with Crippen LogP contribution in [0.2, 0.25) is 0 Å². The van der Waals surface area contributed by atoms with Crippen molar-refractivity contribution in [3.8, 4) is 0 Å². The normalized spacial score (nSPS) is 15.4. The van der Waals surface area contributed by atoms with Crippen LogP contribution in [0.3, 0.4) is 0 Å². The molecule has 4 heteroatoms. The van der Waals surface area contributed by atoms with Crippen molar-refractivity contribution in [1.82, 2.24) is 0 Å². The summed E-state index contributed by atoms with van der Waals surface area (Å²) < 4.78 is 4.61. The van der Waals surface area contributed by atoms with E-state index in [1.54, 1.807) is 6.92 Å². The Balaban J connectivity index is 3.90. The number of esters is 1. The molecule has 0 unspecified atom stereocenters. The van der Waals surface area contributed by atoms with Crippen molar-refractivity contribution in [1.29, 1.82) is 0 Å². The van der Waals surface area contributed by atoms with Gasteiger partial charge in [0.1, 0.15) is 0 Å². The van der Waals surface area contributed by atoms with Crippen molar-refractivity contribution in [2.75, 3.05) is 6.61 Å². The van der Waals surface area contributed by atoms with Gasteiger partial charge in [-0.05, 0) is 19.4 Å². The van der Waals surface area contributed by atoms with Gasteiger partial charge in [-0.1, -0.05) is 13.3 Å². The lowest BCUT2D eigenvalue weighted by atomic mass is 10.1. The van der Waals surface area contributed by atoms with Crippen molar-refractivity contribution in [3.63, 3.8) is 0 Å². The van der Waals surface area contributed by atoms with Crippen LogP contribution in [0.15, 0.2) is 12.2 Å². The molecule has 0 bridgehead atoms. The van der Waals surface area contributed by atoms with Gasteiger partial charge in [0, 0.05) is 6.08 Å². The molecule has 0 amide bonds. The Morgan fingerprint density at radius 3 is 2.57 bits per heavy atom. The summed E-state index contributed by atoms with van der Waals surface area (Å²) in [6.07, 6.45) is 1.86. The van der Waals surface area contributed by atoms with Crippen LogP contribution >= 0.6 is 0 Å². The molecule has 0 radical (unpaired) electrons. The van der Waals surface area contributed by atoms with Gasteiger partial charge in [-0.25, -0.2) is 4.79 Å². The molecule has 2 atom stereocenters. The quantitative estimate of drug-likeness (QED) is 0.489. The van der Waals surface area contributed by atoms with Gasteiger partial charge in [0.15, 0.2) is 0 Å². The highest BCUT2D eigenvalue weighted by Gasteiger charge is 2.11. The molecule has 0 aliphatic heterocycles. The third-order valence-corrected chi connectivity index (χ3v) is 1.69. The van der Waals surface area contributed by atoms with E-state index in [-0.39, 0.29) is 0 Å². The largest absolute Gasteiger partial charge is 0.463 e. The molecule has 0 aliphatic rings. The maximum absolute atomic E-state index is 10.8. The summed E-state index contributed by atoms with van der Waals surface area (Å²) in [6, 6.07) is 0. The average Bonchev–Trinajstić information content (AvgIpc) is 2.15. The Hall–Kier alpha value is -0.870. The van der Waals surface area contributed by atoms with E-state index in [4.69, 9.17) is 0 Å². The summed E-state index contributed by atoms with van der Waals surface area (Å²) in [4.78, 5) is 10.8. The van der Waals surface area contributed by atoms with E-state index < -0.39 is 18.2 Å². The first-order valence-electron chi connectivity index (χ1n) is 4.82. The van der Waals surface area contributed by atoms with Gasteiger partial charge in [-0.2, -0.15) is 0 Å². The van der Waals surface area contributed by atoms with Crippen LogP contribution < -0.4 is 0 Å². The minimum atomic E-state index is -1.00. The second-order valence-corrected chi connectivity index (χ2v) is 2.96. The number of hydrogen-bond acceptors (Lipinski definition) is 4. The molecule has 0 saturated heterocycles. The zero-order chi connectivity index (χ0) is 11.0. The highest BCUT2D eigenvalue weighted by Crippen LogP contribution is 2.03. The standard InChI is InChI=1S/C10H18O4/c1-3-5-8(11)9(12)6-7-10(13)14-4-2/h6-9,11-12H,3-5H2,1-2H3/b7-6+/t8-,9-/m1/s1. The van der Waals surface area contributed by atoms with Crippen molar-refractivity contribution in [3.05, 3.63) is 12.2 Å². The van der Waals surface area contributed by atoms with Gasteiger partial charge in [0.05, 0.1) is 18.8 Å². The first kappa shape index (κ1) is 13.1. The highest BCUT2D eigenvalue weighted by molar-refractivity contribution is 5.81. The van der Waals surface area contributed by atoms with Crippen LogP contribution in [-0.2, 0) is 9.53 Å². The fourth-order valence-electron chi connectivity index (χ4n) is 0.962. The average molecular weight is 202 g/mol. The smallest absolute Gasteiger partial charge is 0.330 e. The minimum absolute atomic E-state index is 0.302. The third kappa shape index (κ3) is 5.72. The summed E-state index contributed by atoms with van der Waals surface area (Å²) in [5.41, 5.74) is 0. The Bertz CT molecular complexity index is 189. The molecule has 0 heterocycles. The molecule has 0 aromatic carbocycles. The van der Waals surface area contributed by atoms with E-state index in [9.17, 15) is 15.0 Å². The number of carbonyl (C=O) groups excluding carboxylic acids is 1. The molecule has 0 rings (SSSR count). The minimum Gasteiger partial charge on any atom is -0.463 e. The number of aliphatic hydroxyl groups excluding tert-OH is 2. The molecular weight excluding hydrogens is 184 g/mol. The monoisotopic (exact) mass is 202 g/mol. The maximum atomic E-state index is 10.8. The van der Waals surface area contributed by atoms with Crippen molar-refractivity contribution >= 4 is 5.97 Å². The highest BCUT2D eigenvalue weighted by atomic mass is 16.5. The van der Waals surface area contributed by atoms with Crippen LogP contribution in [0.25, 0.3) is 0 Å². The molecule has 82 valence electrons. The van der Waals surface area contributed by atoms with Crippen LogP contribution in [0.5, 0.6) is 0 Å². The Morgan fingerprint density at radius 2 is 2.07 bits per heavy atom. The van der Waals surface area contributed by atoms with E-state index >= 15 is 0 Å². The van der Waals surface area contributed by atoms with Gasteiger partial charge in [-0.3, -0.25) is 0 Å². The molecule has 0 aromatic rings. The molecule has 4 nitrogen and oxygen atoms in total. The summed E-state index contributed by atoms with van der Waals surface area (Å²) in [5, 5.41) is 18.6. The molecule has 0 spiro atoms. The van der Waals surface area contributed by atoms with Gasteiger partial charge in [0.25, 0.3) is 0 Å². The summed E-state index contributed by atoms with van der Waals surface area (Å²) in [5.74, 6) is -0.504. The fraction of sp³-hybridized carbons (Fsp3) is 0.700. The zero-order valence-electron chi connectivity index (χ0n) is 8.64. The van der Waals surface area contributed by atoms with Gasteiger partial charge < -0.3 is 14.9 Å². The fourth-order valence-corrected chi connectivity index (χ4v) is 0.962. The lowest BCUT2D eigenvalue weighted by molar-refractivity contribution is -0.137. The van der Waals surface area contributed by atoms with Gasteiger partial charge in [-0.15, -0.1) is 0 Å². The lowest BCUT2D eigenvalue weighted by Gasteiger charge is -2.12. The van der Waals surface area contributed by atoms with Crippen LogP contribution in [0, 0.1) is 0 Å². The summed E-state index contributed by atoms with van der Waals surface area (Å²) in [7, 11) is 0. The summed E-state index contributed by atoms with van der Waals surface area (Å²) >= 11 is 0. The number of ether oxygens (including phenoxy) is 1. The van der Waals surface area contributed by atoms with Crippen molar-refractivity contribution < 1.29 is 19.7 Å². The Kier molecular flexibility index (Phi) is 7.06. The molecule has 0 fully saturated rings. The van der Waals surface area contributed by atoms with Crippen LogP contribution in [0.4, 0.5) is 0 Å². The maximum Gasteiger partial charge on any atom is 0.330 e.